The van der Waals surface area contributed by atoms with E-state index in [0.29, 0.717) is 0 Å². The average Bonchev–Trinajstić information content (AvgIpc) is 2.49. The smallest absolute Gasteiger partial charge is 0.0886 e. The molecule has 0 unspecified atom stereocenters. The zero-order valence-electron chi connectivity index (χ0n) is 6.87. The van der Waals surface area contributed by atoms with Crippen LogP contribution >= 0.6 is 11.3 Å². The van der Waals surface area contributed by atoms with Gasteiger partial charge in [0, 0.05) is 5.56 Å². The molecule has 12 heavy (non-hydrogen) atoms. The molecule has 0 fully saturated rings. The number of hydrogen-bond acceptors (Lipinski definition) is 2. The van der Waals surface area contributed by atoms with Crippen LogP contribution in [0.4, 0.5) is 0 Å². The number of allylic oxidation sites excluding steroid dienone is 1. The lowest BCUT2D eigenvalue weighted by atomic mass is 10.1. The van der Waals surface area contributed by atoms with E-state index in [4.69, 9.17) is 0 Å². The molecule has 2 aromatic rings. The SMILES string of the molecule is C=C(C)c1cccc2scnc12. The first-order chi connectivity index (χ1) is 5.79. The normalized spacial score (nSPS) is 10.4. The van der Waals surface area contributed by atoms with Crippen molar-refractivity contribution < 1.29 is 0 Å². The molecule has 0 aliphatic rings. The number of benzene rings is 1. The van der Waals surface area contributed by atoms with E-state index in [-0.39, 0.29) is 0 Å². The molecule has 2 rings (SSSR count). The van der Waals surface area contributed by atoms with Crippen molar-refractivity contribution in [2.45, 2.75) is 6.92 Å². The number of hydrogen-bond donors (Lipinski definition) is 0. The minimum atomic E-state index is 1.08. The lowest BCUT2D eigenvalue weighted by Crippen LogP contribution is -1.79. The Morgan fingerprint density at radius 1 is 1.50 bits per heavy atom. The van der Waals surface area contributed by atoms with Crippen molar-refractivity contribution in [1.82, 2.24) is 4.98 Å². The van der Waals surface area contributed by atoms with Gasteiger partial charge in [0.25, 0.3) is 0 Å². The van der Waals surface area contributed by atoms with Crippen LogP contribution in [0.25, 0.3) is 15.8 Å². The second-order valence-electron chi connectivity index (χ2n) is 2.79. The Labute approximate surface area is 75.4 Å². The van der Waals surface area contributed by atoms with Crippen LogP contribution in [0, 0.1) is 0 Å². The fourth-order valence-corrected chi connectivity index (χ4v) is 1.93. The summed E-state index contributed by atoms with van der Waals surface area (Å²) in [6, 6.07) is 6.19. The van der Waals surface area contributed by atoms with Crippen molar-refractivity contribution in [2.24, 2.45) is 0 Å². The zero-order valence-corrected chi connectivity index (χ0v) is 7.69. The lowest BCUT2D eigenvalue weighted by molar-refractivity contribution is 1.47. The lowest BCUT2D eigenvalue weighted by Gasteiger charge is -1.98. The first kappa shape index (κ1) is 7.50. The van der Waals surface area contributed by atoms with Crippen LogP contribution in [-0.2, 0) is 0 Å². The first-order valence-corrected chi connectivity index (χ1v) is 4.65. The molecule has 0 aliphatic carbocycles. The third-order valence-corrected chi connectivity index (χ3v) is 2.61. The average molecular weight is 175 g/mol. The van der Waals surface area contributed by atoms with E-state index in [1.807, 2.05) is 18.5 Å². The van der Waals surface area contributed by atoms with Crippen LogP contribution < -0.4 is 0 Å². The summed E-state index contributed by atoms with van der Waals surface area (Å²) in [4.78, 5) is 4.30. The Morgan fingerprint density at radius 2 is 2.33 bits per heavy atom. The quantitative estimate of drug-likeness (QED) is 0.647. The summed E-state index contributed by atoms with van der Waals surface area (Å²) in [5.74, 6) is 0. The van der Waals surface area contributed by atoms with Crippen molar-refractivity contribution in [2.75, 3.05) is 0 Å². The number of nitrogens with zero attached hydrogens (tertiary/aromatic N) is 1. The van der Waals surface area contributed by atoms with Crippen LogP contribution in [0.2, 0.25) is 0 Å². The first-order valence-electron chi connectivity index (χ1n) is 3.77. The molecular formula is C10H9NS. The monoisotopic (exact) mass is 175 g/mol. The van der Waals surface area contributed by atoms with E-state index < -0.39 is 0 Å². The number of aromatic nitrogens is 1. The van der Waals surface area contributed by atoms with E-state index in [0.717, 1.165) is 16.7 Å². The summed E-state index contributed by atoms with van der Waals surface area (Å²) in [5, 5.41) is 0. The van der Waals surface area contributed by atoms with Gasteiger partial charge in [-0.1, -0.05) is 18.7 Å². The summed E-state index contributed by atoms with van der Waals surface area (Å²) in [6.45, 7) is 5.93. The standard InChI is InChI=1S/C10H9NS/c1-7(2)8-4-3-5-9-10(8)11-6-12-9/h3-6H,1H2,2H3. The Balaban J connectivity index is 2.82. The van der Waals surface area contributed by atoms with E-state index in [9.17, 15) is 0 Å². The maximum absolute atomic E-state index is 4.30. The Kier molecular flexibility index (Phi) is 1.70. The van der Waals surface area contributed by atoms with Gasteiger partial charge in [0.2, 0.25) is 0 Å². The van der Waals surface area contributed by atoms with E-state index in [1.54, 1.807) is 11.3 Å². The minimum Gasteiger partial charge on any atom is -0.244 e. The molecule has 0 bridgehead atoms. The Hall–Kier alpha value is -1.15. The van der Waals surface area contributed by atoms with E-state index in [1.165, 1.54) is 4.70 Å². The van der Waals surface area contributed by atoms with Crippen molar-refractivity contribution in [1.29, 1.82) is 0 Å². The molecule has 0 saturated carbocycles. The van der Waals surface area contributed by atoms with Gasteiger partial charge in [0.1, 0.15) is 0 Å². The van der Waals surface area contributed by atoms with Gasteiger partial charge in [0.05, 0.1) is 15.7 Å². The topological polar surface area (TPSA) is 12.9 Å². The molecule has 0 aliphatic heterocycles. The number of thiazole rings is 1. The molecular weight excluding hydrogens is 166 g/mol. The fraction of sp³-hybridized carbons (Fsp3) is 0.100. The van der Waals surface area contributed by atoms with Gasteiger partial charge in [-0.2, -0.15) is 0 Å². The summed E-state index contributed by atoms with van der Waals surface area (Å²) >= 11 is 1.67. The Morgan fingerprint density at radius 3 is 3.08 bits per heavy atom. The molecule has 0 radical (unpaired) electrons. The molecule has 0 saturated heterocycles. The summed E-state index contributed by atoms with van der Waals surface area (Å²) < 4.78 is 1.23. The molecule has 1 heterocycles. The second-order valence-corrected chi connectivity index (χ2v) is 3.67. The maximum atomic E-state index is 4.30. The Bertz CT molecular complexity index is 428. The van der Waals surface area contributed by atoms with Gasteiger partial charge in [-0.3, -0.25) is 0 Å². The molecule has 60 valence electrons. The third kappa shape index (κ3) is 1.04. The summed E-state index contributed by atoms with van der Waals surface area (Å²) in [5.41, 5.74) is 5.19. The predicted molar refractivity (Wildman–Crippen MR) is 54.3 cm³/mol. The summed E-state index contributed by atoms with van der Waals surface area (Å²) in [6.07, 6.45) is 0. The van der Waals surface area contributed by atoms with Crippen LogP contribution in [0.1, 0.15) is 12.5 Å². The van der Waals surface area contributed by atoms with Gasteiger partial charge in [-0.25, -0.2) is 4.98 Å². The molecule has 0 spiro atoms. The zero-order chi connectivity index (χ0) is 8.55. The van der Waals surface area contributed by atoms with Crippen molar-refractivity contribution in [3.63, 3.8) is 0 Å². The molecule has 1 nitrogen and oxygen atoms in total. The predicted octanol–water partition coefficient (Wildman–Crippen LogP) is 3.33. The van der Waals surface area contributed by atoms with Gasteiger partial charge >= 0.3 is 0 Å². The maximum Gasteiger partial charge on any atom is 0.0886 e. The van der Waals surface area contributed by atoms with Gasteiger partial charge in [0.15, 0.2) is 0 Å². The highest BCUT2D eigenvalue weighted by Gasteiger charge is 2.02. The largest absolute Gasteiger partial charge is 0.244 e. The molecule has 1 aromatic heterocycles. The minimum absolute atomic E-state index is 1.08. The highest BCUT2D eigenvalue weighted by Crippen LogP contribution is 2.25. The van der Waals surface area contributed by atoms with Crippen LogP contribution in [-0.4, -0.2) is 4.98 Å². The van der Waals surface area contributed by atoms with E-state index >= 15 is 0 Å². The number of rotatable bonds is 1. The highest BCUT2D eigenvalue weighted by molar-refractivity contribution is 7.16. The molecule has 1 aromatic carbocycles. The van der Waals surface area contributed by atoms with Gasteiger partial charge in [-0.15, -0.1) is 11.3 Å². The van der Waals surface area contributed by atoms with Crippen LogP contribution in [0.3, 0.4) is 0 Å². The molecule has 0 amide bonds. The van der Waals surface area contributed by atoms with Crippen LogP contribution in [0.15, 0.2) is 30.3 Å². The second kappa shape index (κ2) is 2.72. The van der Waals surface area contributed by atoms with Gasteiger partial charge < -0.3 is 0 Å². The summed E-state index contributed by atoms with van der Waals surface area (Å²) in [7, 11) is 0. The van der Waals surface area contributed by atoms with Crippen LogP contribution in [0.5, 0.6) is 0 Å². The van der Waals surface area contributed by atoms with Crippen molar-refractivity contribution in [3.05, 3.63) is 35.9 Å². The molecule has 0 N–H and O–H groups in total. The van der Waals surface area contributed by atoms with E-state index in [2.05, 4.69) is 23.7 Å². The highest BCUT2D eigenvalue weighted by atomic mass is 32.1. The van der Waals surface area contributed by atoms with Gasteiger partial charge in [-0.05, 0) is 18.6 Å². The van der Waals surface area contributed by atoms with Crippen molar-refractivity contribution in [3.8, 4) is 0 Å². The third-order valence-electron chi connectivity index (χ3n) is 1.82. The molecule has 2 heteroatoms. The van der Waals surface area contributed by atoms with Crippen molar-refractivity contribution >= 4 is 27.1 Å². The number of fused-ring (bicyclic) bond motifs is 1. The fourth-order valence-electron chi connectivity index (χ4n) is 1.23. The molecule has 0 atom stereocenters. The number of para-hydroxylation sites is 1.